The van der Waals surface area contributed by atoms with Gasteiger partial charge in [-0.1, -0.05) is 13.8 Å². The molecule has 1 heterocycles. The molecule has 0 radical (unpaired) electrons. The van der Waals surface area contributed by atoms with E-state index in [0.29, 0.717) is 6.04 Å². The second-order valence-electron chi connectivity index (χ2n) is 5.06. The summed E-state index contributed by atoms with van der Waals surface area (Å²) in [6.07, 6.45) is 4.63. The highest BCUT2D eigenvalue weighted by Gasteiger charge is 2.04. The second-order valence-corrected chi connectivity index (χ2v) is 5.06. The molecule has 0 aliphatic heterocycles. The maximum atomic E-state index is 3.60. The molecule has 1 N–H and O–H groups in total. The summed E-state index contributed by atoms with van der Waals surface area (Å²) >= 11 is 0. The van der Waals surface area contributed by atoms with Crippen molar-refractivity contribution in [2.45, 2.75) is 46.2 Å². The minimum Gasteiger partial charge on any atom is -0.353 e. The lowest BCUT2D eigenvalue weighted by molar-refractivity contribution is 0.290. The highest BCUT2D eigenvalue weighted by molar-refractivity contribution is 5.06. The molecule has 0 spiro atoms. The lowest BCUT2D eigenvalue weighted by atomic mass is 10.1. The van der Waals surface area contributed by atoms with Crippen molar-refractivity contribution in [3.8, 4) is 0 Å². The van der Waals surface area contributed by atoms with Crippen LogP contribution in [0.4, 0.5) is 0 Å². The van der Waals surface area contributed by atoms with Gasteiger partial charge in [0.2, 0.25) is 0 Å². The number of hydrogen-bond acceptors (Lipinski definition) is 2. The van der Waals surface area contributed by atoms with Gasteiger partial charge >= 0.3 is 0 Å². The van der Waals surface area contributed by atoms with Crippen LogP contribution < -0.4 is 5.32 Å². The molecule has 1 atom stereocenters. The molecule has 1 aromatic heterocycles. The smallest absolute Gasteiger partial charge is 0.0361 e. The first-order chi connectivity index (χ1) is 8.67. The zero-order valence-corrected chi connectivity index (χ0v) is 12.4. The summed E-state index contributed by atoms with van der Waals surface area (Å²) in [6, 6.07) is 4.87. The molecule has 1 rings (SSSR count). The standard InChI is InChI=1S/C15H29N3/c1-5-18(6-2)12-7-9-14(3)16-13-15-10-8-11-17(15)4/h8,10-11,14,16H,5-7,9,12-13H2,1-4H3. The van der Waals surface area contributed by atoms with Crippen LogP contribution in [-0.2, 0) is 13.6 Å². The zero-order valence-electron chi connectivity index (χ0n) is 12.4. The third-order valence-corrected chi connectivity index (χ3v) is 3.69. The van der Waals surface area contributed by atoms with E-state index >= 15 is 0 Å². The number of aryl methyl sites for hydroxylation is 1. The third kappa shape index (κ3) is 5.23. The molecule has 1 unspecified atom stereocenters. The lowest BCUT2D eigenvalue weighted by Crippen LogP contribution is -2.29. The van der Waals surface area contributed by atoms with Crippen molar-refractivity contribution in [3.05, 3.63) is 24.0 Å². The summed E-state index contributed by atoms with van der Waals surface area (Å²) in [4.78, 5) is 2.49. The van der Waals surface area contributed by atoms with Gasteiger partial charge in [0.1, 0.15) is 0 Å². The first kappa shape index (κ1) is 15.3. The second kappa shape index (κ2) is 8.33. The predicted octanol–water partition coefficient (Wildman–Crippen LogP) is 2.63. The van der Waals surface area contributed by atoms with E-state index in [4.69, 9.17) is 0 Å². The largest absolute Gasteiger partial charge is 0.353 e. The van der Waals surface area contributed by atoms with Gasteiger partial charge in [-0.05, 0) is 51.5 Å². The van der Waals surface area contributed by atoms with Gasteiger partial charge in [-0.15, -0.1) is 0 Å². The van der Waals surface area contributed by atoms with Crippen LogP contribution in [0.3, 0.4) is 0 Å². The molecule has 0 aliphatic carbocycles. The SMILES string of the molecule is CCN(CC)CCCC(C)NCc1cccn1C. The fourth-order valence-corrected chi connectivity index (χ4v) is 2.22. The van der Waals surface area contributed by atoms with E-state index in [1.807, 2.05) is 0 Å². The van der Waals surface area contributed by atoms with E-state index in [0.717, 1.165) is 6.54 Å². The van der Waals surface area contributed by atoms with Crippen molar-refractivity contribution in [2.75, 3.05) is 19.6 Å². The fourth-order valence-electron chi connectivity index (χ4n) is 2.22. The van der Waals surface area contributed by atoms with Crippen LogP contribution >= 0.6 is 0 Å². The lowest BCUT2D eigenvalue weighted by Gasteiger charge is -2.19. The molecule has 0 aliphatic rings. The highest BCUT2D eigenvalue weighted by Crippen LogP contribution is 2.03. The van der Waals surface area contributed by atoms with Crippen molar-refractivity contribution in [2.24, 2.45) is 7.05 Å². The predicted molar refractivity (Wildman–Crippen MR) is 78.7 cm³/mol. The summed E-state index contributed by atoms with van der Waals surface area (Å²) < 4.78 is 2.18. The minimum absolute atomic E-state index is 0.593. The van der Waals surface area contributed by atoms with Gasteiger partial charge in [-0.25, -0.2) is 0 Å². The van der Waals surface area contributed by atoms with Gasteiger partial charge in [0.25, 0.3) is 0 Å². The molecule has 1 aromatic rings. The molecule has 0 bridgehead atoms. The third-order valence-electron chi connectivity index (χ3n) is 3.69. The number of hydrogen-bond donors (Lipinski definition) is 1. The van der Waals surface area contributed by atoms with Crippen molar-refractivity contribution in [3.63, 3.8) is 0 Å². The van der Waals surface area contributed by atoms with E-state index in [2.05, 4.69) is 60.9 Å². The summed E-state index contributed by atoms with van der Waals surface area (Å²) in [7, 11) is 2.10. The summed E-state index contributed by atoms with van der Waals surface area (Å²) in [5.41, 5.74) is 1.35. The van der Waals surface area contributed by atoms with Crippen molar-refractivity contribution in [1.82, 2.24) is 14.8 Å². The van der Waals surface area contributed by atoms with Gasteiger partial charge in [-0.2, -0.15) is 0 Å². The molecule has 0 saturated carbocycles. The van der Waals surface area contributed by atoms with Crippen molar-refractivity contribution in [1.29, 1.82) is 0 Å². The molecular weight excluding hydrogens is 222 g/mol. The minimum atomic E-state index is 0.593. The number of nitrogens with zero attached hydrogens (tertiary/aromatic N) is 2. The maximum absolute atomic E-state index is 3.60. The monoisotopic (exact) mass is 251 g/mol. The van der Waals surface area contributed by atoms with Gasteiger partial charge < -0.3 is 14.8 Å². The molecule has 0 aromatic carbocycles. The molecule has 3 heteroatoms. The molecule has 0 amide bonds. The maximum Gasteiger partial charge on any atom is 0.0361 e. The van der Waals surface area contributed by atoms with Gasteiger partial charge in [-0.3, -0.25) is 0 Å². The highest BCUT2D eigenvalue weighted by atomic mass is 15.1. The Morgan fingerprint density at radius 3 is 2.61 bits per heavy atom. The Balaban J connectivity index is 2.14. The van der Waals surface area contributed by atoms with Crippen LogP contribution in [0, 0.1) is 0 Å². The van der Waals surface area contributed by atoms with Crippen LogP contribution in [0.1, 0.15) is 39.3 Å². The molecule has 0 fully saturated rings. The average molecular weight is 251 g/mol. The molecule has 3 nitrogen and oxygen atoms in total. The quantitative estimate of drug-likeness (QED) is 0.728. The summed E-state index contributed by atoms with van der Waals surface area (Å²) in [5, 5.41) is 3.60. The number of nitrogens with one attached hydrogen (secondary N) is 1. The Morgan fingerprint density at radius 1 is 1.33 bits per heavy atom. The van der Waals surface area contributed by atoms with E-state index in [9.17, 15) is 0 Å². The van der Waals surface area contributed by atoms with E-state index in [1.165, 1.54) is 38.2 Å². The van der Waals surface area contributed by atoms with Gasteiger partial charge in [0.15, 0.2) is 0 Å². The topological polar surface area (TPSA) is 20.2 Å². The Bertz CT molecular complexity index is 315. The Labute approximate surface area is 112 Å². The zero-order chi connectivity index (χ0) is 13.4. The Hall–Kier alpha value is -0.800. The first-order valence-corrected chi connectivity index (χ1v) is 7.23. The van der Waals surface area contributed by atoms with Crippen LogP contribution in [0.5, 0.6) is 0 Å². The summed E-state index contributed by atoms with van der Waals surface area (Å²) in [5.74, 6) is 0. The Morgan fingerprint density at radius 2 is 2.06 bits per heavy atom. The first-order valence-electron chi connectivity index (χ1n) is 7.23. The molecule has 0 saturated heterocycles. The number of rotatable bonds is 9. The van der Waals surface area contributed by atoms with Crippen LogP contribution in [0.15, 0.2) is 18.3 Å². The van der Waals surface area contributed by atoms with E-state index in [1.54, 1.807) is 0 Å². The normalized spacial score (nSPS) is 13.2. The van der Waals surface area contributed by atoms with Crippen LogP contribution in [0.2, 0.25) is 0 Å². The summed E-state index contributed by atoms with van der Waals surface area (Å²) in [6.45, 7) is 11.3. The van der Waals surface area contributed by atoms with E-state index in [-0.39, 0.29) is 0 Å². The van der Waals surface area contributed by atoms with Gasteiger partial charge in [0, 0.05) is 31.5 Å². The fraction of sp³-hybridized carbons (Fsp3) is 0.733. The van der Waals surface area contributed by atoms with Crippen molar-refractivity contribution < 1.29 is 0 Å². The van der Waals surface area contributed by atoms with Crippen LogP contribution in [0.25, 0.3) is 0 Å². The van der Waals surface area contributed by atoms with Crippen LogP contribution in [-0.4, -0.2) is 35.1 Å². The molecular formula is C15H29N3. The average Bonchev–Trinajstić information content (AvgIpc) is 2.78. The molecule has 104 valence electrons. The Kier molecular flexibility index (Phi) is 7.06. The van der Waals surface area contributed by atoms with E-state index < -0.39 is 0 Å². The molecule has 18 heavy (non-hydrogen) atoms. The van der Waals surface area contributed by atoms with Crippen molar-refractivity contribution >= 4 is 0 Å². The van der Waals surface area contributed by atoms with Gasteiger partial charge in [0.05, 0.1) is 0 Å². The number of aromatic nitrogens is 1.